The van der Waals surface area contributed by atoms with E-state index < -0.39 is 0 Å². The van der Waals surface area contributed by atoms with Crippen molar-refractivity contribution in [1.29, 1.82) is 0 Å². The van der Waals surface area contributed by atoms with Gasteiger partial charge in [0.05, 0.1) is 17.8 Å². The number of thiophene rings is 1. The molecule has 0 bridgehead atoms. The number of fused-ring (bicyclic) bond motifs is 1. The lowest BCUT2D eigenvalue weighted by Gasteiger charge is -2.01. The molecular formula is C16H18N2O2S2. The Bertz CT molecular complexity index is 716. The lowest BCUT2D eigenvalue weighted by Crippen LogP contribution is -2.01. The topological polar surface area (TPSA) is 51.2 Å². The number of rotatable bonds is 5. The molecule has 22 heavy (non-hydrogen) atoms. The molecule has 116 valence electrons. The predicted molar refractivity (Wildman–Crippen MR) is 89.7 cm³/mol. The molecule has 1 fully saturated rings. The van der Waals surface area contributed by atoms with Crippen molar-refractivity contribution in [3.8, 4) is 0 Å². The van der Waals surface area contributed by atoms with E-state index in [4.69, 9.17) is 4.74 Å². The third-order valence-electron chi connectivity index (χ3n) is 4.15. The molecule has 0 spiro atoms. The van der Waals surface area contributed by atoms with Gasteiger partial charge >= 0.3 is 5.97 Å². The van der Waals surface area contributed by atoms with Crippen LogP contribution in [0, 0.1) is 0 Å². The molecule has 1 saturated carbocycles. The fourth-order valence-electron chi connectivity index (χ4n) is 3.00. The molecule has 2 aliphatic rings. The number of nitrogens with zero attached hydrogens (tertiary/aromatic N) is 1. The minimum absolute atomic E-state index is 0.289. The van der Waals surface area contributed by atoms with E-state index in [0.29, 0.717) is 11.5 Å². The molecule has 0 aliphatic heterocycles. The van der Waals surface area contributed by atoms with Crippen molar-refractivity contribution in [3.63, 3.8) is 0 Å². The Morgan fingerprint density at radius 1 is 1.36 bits per heavy atom. The van der Waals surface area contributed by atoms with E-state index in [-0.39, 0.29) is 5.97 Å². The number of carbonyl (C=O) groups excluding carboxylic acids is 1. The average molecular weight is 334 g/mol. The average Bonchev–Trinajstić information content (AvgIpc) is 2.95. The van der Waals surface area contributed by atoms with Gasteiger partial charge < -0.3 is 10.1 Å². The first-order chi connectivity index (χ1) is 10.8. The van der Waals surface area contributed by atoms with E-state index in [1.807, 2.05) is 18.3 Å². The van der Waals surface area contributed by atoms with Crippen molar-refractivity contribution in [3.05, 3.63) is 27.1 Å². The minimum atomic E-state index is -0.289. The van der Waals surface area contributed by atoms with Crippen molar-refractivity contribution in [2.24, 2.45) is 0 Å². The van der Waals surface area contributed by atoms with Gasteiger partial charge in [-0.2, -0.15) is 0 Å². The van der Waals surface area contributed by atoms with E-state index in [1.54, 1.807) is 16.6 Å². The zero-order chi connectivity index (χ0) is 15.1. The molecular weight excluding hydrogens is 316 g/mol. The number of aromatic nitrogens is 1. The van der Waals surface area contributed by atoms with Gasteiger partial charge in [0.25, 0.3) is 0 Å². The second-order valence-corrected chi connectivity index (χ2v) is 7.84. The molecule has 0 radical (unpaired) electrons. The first kappa shape index (κ1) is 14.2. The number of nitrogens with one attached hydrogen (secondary N) is 1. The Hall–Kier alpha value is -1.40. The third kappa shape index (κ3) is 2.54. The third-order valence-corrected chi connectivity index (χ3v) is 6.40. The lowest BCUT2D eigenvalue weighted by atomic mass is 10.1. The summed E-state index contributed by atoms with van der Waals surface area (Å²) in [6.07, 6.45) is 7.94. The lowest BCUT2D eigenvalue weighted by molar-refractivity contribution is 0.0532. The van der Waals surface area contributed by atoms with Crippen LogP contribution in [0.1, 0.15) is 57.8 Å². The van der Waals surface area contributed by atoms with Crippen LogP contribution in [0.25, 0.3) is 0 Å². The van der Waals surface area contributed by atoms with E-state index in [0.717, 1.165) is 17.5 Å². The SMILES string of the molecule is CCOC(=O)c1cnc(Nc2sc(C3CC3)c3c2CCC3)s1. The van der Waals surface area contributed by atoms with Crippen LogP contribution in [0.2, 0.25) is 0 Å². The van der Waals surface area contributed by atoms with Crippen LogP contribution in [-0.2, 0) is 17.6 Å². The molecule has 1 N–H and O–H groups in total. The van der Waals surface area contributed by atoms with E-state index in [1.165, 1.54) is 47.6 Å². The maximum Gasteiger partial charge on any atom is 0.350 e. The quantitative estimate of drug-likeness (QED) is 0.819. The fraction of sp³-hybridized carbons (Fsp3) is 0.500. The maximum absolute atomic E-state index is 11.7. The predicted octanol–water partition coefficient (Wildman–Crippen LogP) is 4.49. The number of ether oxygens (including phenoxy) is 1. The number of hydrogen-bond donors (Lipinski definition) is 1. The summed E-state index contributed by atoms with van der Waals surface area (Å²) in [4.78, 5) is 18.2. The van der Waals surface area contributed by atoms with E-state index >= 15 is 0 Å². The van der Waals surface area contributed by atoms with Crippen molar-refractivity contribution in [2.45, 2.75) is 44.9 Å². The molecule has 2 aliphatic carbocycles. The molecule has 4 nitrogen and oxygen atoms in total. The van der Waals surface area contributed by atoms with Crippen molar-refractivity contribution in [1.82, 2.24) is 4.98 Å². The smallest absolute Gasteiger partial charge is 0.350 e. The normalized spacial score (nSPS) is 16.6. The molecule has 2 aromatic rings. The van der Waals surface area contributed by atoms with E-state index in [9.17, 15) is 4.79 Å². The van der Waals surface area contributed by atoms with Gasteiger partial charge in [0.15, 0.2) is 5.13 Å². The Balaban J connectivity index is 1.56. The molecule has 2 aromatic heterocycles. The minimum Gasteiger partial charge on any atom is -0.462 e. The van der Waals surface area contributed by atoms with Crippen LogP contribution < -0.4 is 5.32 Å². The van der Waals surface area contributed by atoms with Crippen molar-refractivity contribution < 1.29 is 9.53 Å². The van der Waals surface area contributed by atoms with Crippen LogP contribution in [0.5, 0.6) is 0 Å². The van der Waals surface area contributed by atoms with Gasteiger partial charge in [-0.05, 0) is 56.1 Å². The molecule has 0 aromatic carbocycles. The summed E-state index contributed by atoms with van der Waals surface area (Å²) >= 11 is 3.26. The molecule has 0 atom stereocenters. The number of esters is 1. The maximum atomic E-state index is 11.7. The van der Waals surface area contributed by atoms with Gasteiger partial charge in [-0.3, -0.25) is 0 Å². The Kier molecular flexibility index (Phi) is 3.66. The first-order valence-corrected chi connectivity index (χ1v) is 9.44. The number of hydrogen-bond acceptors (Lipinski definition) is 6. The highest BCUT2D eigenvalue weighted by molar-refractivity contribution is 7.19. The summed E-state index contributed by atoms with van der Waals surface area (Å²) < 4.78 is 5.02. The first-order valence-electron chi connectivity index (χ1n) is 7.80. The summed E-state index contributed by atoms with van der Waals surface area (Å²) in [6, 6.07) is 0. The highest BCUT2D eigenvalue weighted by Gasteiger charge is 2.32. The number of thiazole rings is 1. The Labute approximate surface area is 137 Å². The monoisotopic (exact) mass is 334 g/mol. The fourth-order valence-corrected chi connectivity index (χ4v) is 5.25. The van der Waals surface area contributed by atoms with Gasteiger partial charge in [0.1, 0.15) is 4.88 Å². The summed E-state index contributed by atoms with van der Waals surface area (Å²) in [5.41, 5.74) is 3.08. The standard InChI is InChI=1S/C16H18N2O2S2/c1-2-20-15(19)12-8-17-16(21-12)18-14-11-5-3-4-10(11)13(22-14)9-6-7-9/h8-9H,2-7H2,1H3,(H,17,18). The van der Waals surface area contributed by atoms with Gasteiger partial charge in [-0.25, -0.2) is 9.78 Å². The number of anilines is 2. The molecule has 0 amide bonds. The summed E-state index contributed by atoms with van der Waals surface area (Å²) in [5.74, 6) is 0.516. The van der Waals surface area contributed by atoms with E-state index in [2.05, 4.69) is 10.3 Å². The van der Waals surface area contributed by atoms with Gasteiger partial charge in [0.2, 0.25) is 0 Å². The zero-order valence-electron chi connectivity index (χ0n) is 12.5. The van der Waals surface area contributed by atoms with Crippen LogP contribution in [0.4, 0.5) is 10.1 Å². The molecule has 0 unspecified atom stereocenters. The van der Waals surface area contributed by atoms with Gasteiger partial charge in [0, 0.05) is 4.88 Å². The Morgan fingerprint density at radius 2 is 2.18 bits per heavy atom. The largest absolute Gasteiger partial charge is 0.462 e. The highest BCUT2D eigenvalue weighted by atomic mass is 32.1. The van der Waals surface area contributed by atoms with Gasteiger partial charge in [-0.15, -0.1) is 11.3 Å². The molecule has 6 heteroatoms. The summed E-state index contributed by atoms with van der Waals surface area (Å²) in [6.45, 7) is 2.20. The summed E-state index contributed by atoms with van der Waals surface area (Å²) in [7, 11) is 0. The van der Waals surface area contributed by atoms with Crippen LogP contribution in [-0.4, -0.2) is 17.6 Å². The van der Waals surface area contributed by atoms with Crippen molar-refractivity contribution in [2.75, 3.05) is 11.9 Å². The zero-order valence-corrected chi connectivity index (χ0v) is 14.1. The molecule has 0 saturated heterocycles. The second-order valence-electron chi connectivity index (χ2n) is 5.76. The Morgan fingerprint density at radius 3 is 2.95 bits per heavy atom. The highest BCUT2D eigenvalue weighted by Crippen LogP contribution is 2.51. The van der Waals surface area contributed by atoms with Crippen LogP contribution >= 0.6 is 22.7 Å². The molecule has 2 heterocycles. The van der Waals surface area contributed by atoms with Crippen molar-refractivity contribution >= 4 is 38.8 Å². The van der Waals surface area contributed by atoms with Crippen LogP contribution in [0.15, 0.2) is 6.20 Å². The number of carbonyl (C=O) groups is 1. The van der Waals surface area contributed by atoms with Crippen LogP contribution in [0.3, 0.4) is 0 Å². The summed E-state index contributed by atoms with van der Waals surface area (Å²) in [5, 5.41) is 5.46. The molecule has 4 rings (SSSR count). The van der Waals surface area contributed by atoms with Gasteiger partial charge in [-0.1, -0.05) is 11.3 Å². The second kappa shape index (κ2) is 5.66.